The molecule has 0 spiro atoms. The van der Waals surface area contributed by atoms with Crippen LogP contribution in [-0.2, 0) is 24.3 Å². The van der Waals surface area contributed by atoms with Gasteiger partial charge in [0, 0.05) is 18.2 Å². The van der Waals surface area contributed by atoms with Crippen LogP contribution in [0.1, 0.15) is 23.2 Å². The van der Waals surface area contributed by atoms with E-state index in [0.717, 1.165) is 5.41 Å². The van der Waals surface area contributed by atoms with Crippen LogP contribution in [0.4, 0.5) is 0 Å². The maximum absolute atomic E-state index is 11.8. The van der Waals surface area contributed by atoms with Crippen LogP contribution < -0.4 is 0 Å². The van der Waals surface area contributed by atoms with E-state index in [4.69, 9.17) is 4.84 Å². The number of nitrogens with zero attached hydrogens (tertiary/aromatic N) is 1. The van der Waals surface area contributed by atoms with Gasteiger partial charge in [-0.3, -0.25) is 9.59 Å². The Morgan fingerprint density at radius 2 is 1.67 bits per heavy atom. The van der Waals surface area contributed by atoms with E-state index in [1.165, 1.54) is 24.3 Å². The van der Waals surface area contributed by atoms with Gasteiger partial charge in [0.2, 0.25) is 0 Å². The molecule has 0 saturated carbocycles. The van der Waals surface area contributed by atoms with E-state index >= 15 is 0 Å². The fourth-order valence-electron chi connectivity index (χ4n) is 1.67. The van der Waals surface area contributed by atoms with Crippen molar-refractivity contribution in [1.29, 1.82) is 0 Å². The van der Waals surface area contributed by atoms with Crippen molar-refractivity contribution in [3.8, 4) is 0 Å². The first-order chi connectivity index (χ1) is 9.85. The molecule has 0 bridgehead atoms. The van der Waals surface area contributed by atoms with Gasteiger partial charge in [-0.05, 0) is 24.3 Å². The number of rotatable bonds is 4. The fraction of sp³-hybridized carbons (Fsp3) is 0.154. The second kappa shape index (κ2) is 5.49. The summed E-state index contributed by atoms with van der Waals surface area (Å²) in [6, 6.07) is 4.87. The topological polar surface area (TPSA) is 97.8 Å². The number of benzene rings is 1. The summed E-state index contributed by atoms with van der Waals surface area (Å²) in [6.07, 6.45) is 0.00522. The minimum absolute atomic E-state index is 0.00261. The lowest BCUT2D eigenvalue weighted by Crippen LogP contribution is -2.32. The van der Waals surface area contributed by atoms with Crippen molar-refractivity contribution in [2.24, 2.45) is 0 Å². The van der Waals surface area contributed by atoms with Gasteiger partial charge < -0.3 is 4.84 Å². The third-order valence-corrected chi connectivity index (χ3v) is 4.19. The highest BCUT2D eigenvalue weighted by atomic mass is 32.2. The second-order valence-electron chi connectivity index (χ2n) is 4.20. The molecule has 2 rings (SSSR count). The van der Waals surface area contributed by atoms with E-state index in [1.807, 2.05) is 0 Å². The Bertz CT molecular complexity index is 704. The van der Waals surface area contributed by atoms with Crippen LogP contribution in [0.5, 0.6) is 0 Å². The number of sulfone groups is 1. The Balaban J connectivity index is 2.16. The number of imide groups is 1. The largest absolute Gasteiger partial charge is 0.363 e. The molecular formula is C13H11NO6S. The third kappa shape index (κ3) is 3.00. The smallest absolute Gasteiger partial charge is 0.325 e. The van der Waals surface area contributed by atoms with Crippen LogP contribution in [-0.4, -0.2) is 31.3 Å². The molecule has 8 heteroatoms. The molecule has 110 valence electrons. The first-order valence-electron chi connectivity index (χ1n) is 5.91. The van der Waals surface area contributed by atoms with E-state index in [2.05, 4.69) is 6.58 Å². The molecular weight excluding hydrogens is 298 g/mol. The number of carbonyl (C=O) groups is 3. The lowest BCUT2D eigenvalue weighted by atomic mass is 10.2. The Hall–Kier alpha value is -2.48. The lowest BCUT2D eigenvalue weighted by Gasteiger charge is -2.12. The molecule has 2 amide bonds. The van der Waals surface area contributed by atoms with Crippen LogP contribution >= 0.6 is 0 Å². The summed E-state index contributed by atoms with van der Waals surface area (Å²) in [5, 5.41) is 1.22. The Morgan fingerprint density at radius 3 is 2.14 bits per heavy atom. The average molecular weight is 309 g/mol. The summed E-state index contributed by atoms with van der Waals surface area (Å²) in [7, 11) is -3.59. The summed E-state index contributed by atoms with van der Waals surface area (Å²) < 4.78 is 23.0. The molecule has 1 heterocycles. The van der Waals surface area contributed by atoms with Crippen molar-refractivity contribution in [1.82, 2.24) is 5.06 Å². The maximum atomic E-state index is 11.8. The number of carbonyl (C=O) groups excluding carboxylic acids is 3. The molecule has 1 aliphatic heterocycles. The van der Waals surface area contributed by atoms with Gasteiger partial charge in [0.25, 0.3) is 11.8 Å². The first-order valence-corrected chi connectivity index (χ1v) is 7.45. The molecule has 1 aromatic carbocycles. The predicted molar refractivity (Wildman–Crippen MR) is 70.3 cm³/mol. The van der Waals surface area contributed by atoms with Crippen molar-refractivity contribution in [2.45, 2.75) is 17.7 Å². The van der Waals surface area contributed by atoms with Crippen molar-refractivity contribution in [2.75, 3.05) is 0 Å². The molecule has 1 aromatic rings. The van der Waals surface area contributed by atoms with Crippen LogP contribution in [0, 0.1) is 0 Å². The number of hydrogen-bond acceptors (Lipinski definition) is 6. The molecule has 1 fully saturated rings. The number of hydrogen-bond donors (Lipinski definition) is 0. The zero-order valence-electron chi connectivity index (χ0n) is 10.8. The van der Waals surface area contributed by atoms with E-state index in [1.54, 1.807) is 0 Å². The fourth-order valence-corrected chi connectivity index (χ4v) is 2.38. The summed E-state index contributed by atoms with van der Waals surface area (Å²) in [6.45, 7) is 3.19. The molecule has 0 aliphatic carbocycles. The van der Waals surface area contributed by atoms with Crippen molar-refractivity contribution >= 4 is 27.6 Å². The molecule has 0 aromatic heterocycles. The zero-order chi connectivity index (χ0) is 15.6. The summed E-state index contributed by atoms with van der Waals surface area (Å²) >= 11 is 0. The summed E-state index contributed by atoms with van der Waals surface area (Å²) in [5.41, 5.74) is 0.0190. The zero-order valence-corrected chi connectivity index (χ0v) is 11.6. The van der Waals surface area contributed by atoms with E-state index in [-0.39, 0.29) is 23.3 Å². The predicted octanol–water partition coefficient (Wildman–Crippen LogP) is 0.825. The molecule has 0 N–H and O–H groups in total. The van der Waals surface area contributed by atoms with E-state index < -0.39 is 27.6 Å². The highest BCUT2D eigenvalue weighted by Crippen LogP contribution is 2.16. The van der Waals surface area contributed by atoms with Gasteiger partial charge in [0.1, 0.15) is 0 Å². The monoisotopic (exact) mass is 309 g/mol. The maximum Gasteiger partial charge on any atom is 0.363 e. The molecule has 1 saturated heterocycles. The van der Waals surface area contributed by atoms with Crippen LogP contribution in [0.3, 0.4) is 0 Å². The van der Waals surface area contributed by atoms with E-state index in [9.17, 15) is 22.8 Å². The first kappa shape index (κ1) is 14.9. The molecule has 0 atom stereocenters. The number of hydroxylamine groups is 2. The molecule has 0 radical (unpaired) electrons. The van der Waals surface area contributed by atoms with E-state index in [0.29, 0.717) is 5.06 Å². The summed E-state index contributed by atoms with van der Waals surface area (Å²) in [5.74, 6) is -2.08. The molecule has 0 unspecified atom stereocenters. The second-order valence-corrected chi connectivity index (χ2v) is 6.09. The van der Waals surface area contributed by atoms with Gasteiger partial charge in [-0.15, -0.1) is 5.06 Å². The molecule has 7 nitrogen and oxygen atoms in total. The van der Waals surface area contributed by atoms with Crippen molar-refractivity contribution < 1.29 is 27.6 Å². The number of amides is 2. The highest BCUT2D eigenvalue weighted by Gasteiger charge is 2.33. The van der Waals surface area contributed by atoms with Gasteiger partial charge in [-0.2, -0.15) is 0 Å². The Morgan fingerprint density at radius 1 is 1.14 bits per heavy atom. The van der Waals surface area contributed by atoms with Gasteiger partial charge in [0.15, 0.2) is 9.84 Å². The SMILES string of the molecule is C=CS(=O)(=O)c1ccc(C(=O)ON2C(=O)CCC2=O)cc1. The van der Waals surface area contributed by atoms with Crippen molar-refractivity contribution in [3.63, 3.8) is 0 Å². The lowest BCUT2D eigenvalue weighted by molar-refractivity contribution is -0.172. The van der Waals surface area contributed by atoms with Gasteiger partial charge >= 0.3 is 5.97 Å². The average Bonchev–Trinajstić information content (AvgIpc) is 2.79. The normalized spacial score (nSPS) is 15.1. The standard InChI is InChI=1S/C13H11NO6S/c1-2-21(18,19)10-5-3-9(4-6-10)13(17)20-14-11(15)7-8-12(14)16/h2-6H,1,7-8H2. The van der Waals surface area contributed by atoms with Gasteiger partial charge in [-0.1, -0.05) is 6.58 Å². The van der Waals surface area contributed by atoms with Crippen molar-refractivity contribution in [3.05, 3.63) is 41.8 Å². The molecule has 1 aliphatic rings. The minimum Gasteiger partial charge on any atom is -0.325 e. The van der Waals surface area contributed by atoms with Gasteiger partial charge in [0.05, 0.1) is 10.5 Å². The molecule has 21 heavy (non-hydrogen) atoms. The quantitative estimate of drug-likeness (QED) is 0.764. The highest BCUT2D eigenvalue weighted by molar-refractivity contribution is 7.94. The van der Waals surface area contributed by atoms with Crippen LogP contribution in [0.2, 0.25) is 0 Å². The third-order valence-electron chi connectivity index (χ3n) is 2.82. The summed E-state index contributed by atoms with van der Waals surface area (Å²) in [4.78, 5) is 39.1. The minimum atomic E-state index is -3.59. The Labute approximate surface area is 120 Å². The van der Waals surface area contributed by atoms with Crippen LogP contribution in [0.15, 0.2) is 41.1 Å². The van der Waals surface area contributed by atoms with Crippen LogP contribution in [0.25, 0.3) is 0 Å². The van der Waals surface area contributed by atoms with Gasteiger partial charge in [-0.25, -0.2) is 13.2 Å². The Kier molecular flexibility index (Phi) is 3.90.